The van der Waals surface area contributed by atoms with Crippen molar-refractivity contribution in [2.24, 2.45) is 5.92 Å². The van der Waals surface area contributed by atoms with E-state index in [4.69, 9.17) is 9.47 Å². The van der Waals surface area contributed by atoms with Crippen LogP contribution in [-0.4, -0.2) is 53.0 Å². The predicted molar refractivity (Wildman–Crippen MR) is 88.5 cm³/mol. The second kappa shape index (κ2) is 5.95. The molecule has 0 amide bonds. The number of aromatic nitrogens is 3. The Morgan fingerprint density at radius 3 is 2.75 bits per heavy atom. The molecule has 3 fully saturated rings. The highest BCUT2D eigenvalue weighted by molar-refractivity contribution is 5.57. The van der Waals surface area contributed by atoms with Crippen LogP contribution in [0, 0.1) is 5.92 Å². The second-order valence-electron chi connectivity index (χ2n) is 7.07. The third kappa shape index (κ3) is 2.64. The average Bonchev–Trinajstić information content (AvgIpc) is 3.01. The van der Waals surface area contributed by atoms with Gasteiger partial charge in [-0.3, -0.25) is 0 Å². The summed E-state index contributed by atoms with van der Waals surface area (Å²) in [5.74, 6) is 0.866. The zero-order valence-electron chi connectivity index (χ0n) is 13.5. The molecule has 1 saturated carbocycles. The lowest BCUT2D eigenvalue weighted by atomic mass is 10.1. The van der Waals surface area contributed by atoms with Crippen molar-refractivity contribution in [1.82, 2.24) is 20.3 Å². The quantitative estimate of drug-likeness (QED) is 0.905. The molecule has 2 aromatic rings. The number of benzene rings is 1. The summed E-state index contributed by atoms with van der Waals surface area (Å²) in [5, 5.41) is 12.3. The van der Waals surface area contributed by atoms with Crippen molar-refractivity contribution in [1.29, 1.82) is 0 Å². The highest BCUT2D eigenvalue weighted by Crippen LogP contribution is 2.35. The minimum absolute atomic E-state index is 0.0621. The van der Waals surface area contributed by atoms with Gasteiger partial charge in [0.05, 0.1) is 25.5 Å². The fraction of sp³-hybridized carbons (Fsp3) is 0.556. The molecule has 6 nitrogen and oxygen atoms in total. The topological polar surface area (TPSA) is 61.2 Å². The van der Waals surface area contributed by atoms with E-state index in [9.17, 15) is 0 Å². The SMILES string of the molecule is c1ccc(-c2cn([C@@H]3CO[C@@H]4[C@@H]3OC[C@@H]4NCC3CC3)nn2)cc1. The Bertz CT molecular complexity index is 700. The lowest BCUT2D eigenvalue weighted by Gasteiger charge is -2.17. The third-order valence-corrected chi connectivity index (χ3v) is 5.31. The van der Waals surface area contributed by atoms with Gasteiger partial charge in [0.15, 0.2) is 0 Å². The highest BCUT2D eigenvalue weighted by Gasteiger charge is 2.49. The number of fused-ring (bicyclic) bond motifs is 1. The molecule has 0 radical (unpaired) electrons. The lowest BCUT2D eigenvalue weighted by Crippen LogP contribution is -2.41. The van der Waals surface area contributed by atoms with Crippen LogP contribution in [0.15, 0.2) is 36.5 Å². The van der Waals surface area contributed by atoms with Crippen molar-refractivity contribution in [2.75, 3.05) is 19.8 Å². The van der Waals surface area contributed by atoms with Crippen molar-refractivity contribution in [3.8, 4) is 11.3 Å². The van der Waals surface area contributed by atoms with Gasteiger partial charge in [-0.2, -0.15) is 0 Å². The van der Waals surface area contributed by atoms with Crippen LogP contribution in [0.3, 0.4) is 0 Å². The Hall–Kier alpha value is -1.76. The van der Waals surface area contributed by atoms with E-state index in [-0.39, 0.29) is 18.2 Å². The van der Waals surface area contributed by atoms with Crippen LogP contribution in [0.2, 0.25) is 0 Å². The Balaban J connectivity index is 1.29. The van der Waals surface area contributed by atoms with Crippen molar-refractivity contribution in [3.05, 3.63) is 36.5 Å². The summed E-state index contributed by atoms with van der Waals surface area (Å²) in [6.07, 6.45) is 4.91. The summed E-state index contributed by atoms with van der Waals surface area (Å²) in [6.45, 7) is 2.44. The van der Waals surface area contributed by atoms with E-state index in [1.165, 1.54) is 12.8 Å². The van der Waals surface area contributed by atoms with Gasteiger partial charge in [-0.15, -0.1) is 5.10 Å². The molecule has 1 aromatic carbocycles. The molecule has 3 heterocycles. The summed E-state index contributed by atoms with van der Waals surface area (Å²) >= 11 is 0. The Kier molecular flexibility index (Phi) is 3.61. The molecule has 1 N–H and O–H groups in total. The summed E-state index contributed by atoms with van der Waals surface area (Å²) in [6, 6.07) is 10.5. The maximum Gasteiger partial charge on any atom is 0.113 e. The van der Waals surface area contributed by atoms with Crippen molar-refractivity contribution in [3.63, 3.8) is 0 Å². The lowest BCUT2D eigenvalue weighted by molar-refractivity contribution is 0.0620. The average molecular weight is 326 g/mol. The second-order valence-corrected chi connectivity index (χ2v) is 7.07. The molecule has 2 saturated heterocycles. The zero-order valence-corrected chi connectivity index (χ0v) is 13.5. The smallest absolute Gasteiger partial charge is 0.113 e. The molecule has 0 bridgehead atoms. The van der Waals surface area contributed by atoms with E-state index in [1.54, 1.807) is 0 Å². The zero-order chi connectivity index (χ0) is 15.9. The number of nitrogens with zero attached hydrogens (tertiary/aromatic N) is 3. The van der Waals surface area contributed by atoms with Gasteiger partial charge in [-0.25, -0.2) is 4.68 Å². The maximum atomic E-state index is 6.05. The molecule has 6 heteroatoms. The summed E-state index contributed by atoms with van der Waals surface area (Å²) < 4.78 is 14.0. The van der Waals surface area contributed by atoms with Crippen LogP contribution in [0.4, 0.5) is 0 Å². The van der Waals surface area contributed by atoms with Gasteiger partial charge >= 0.3 is 0 Å². The third-order valence-electron chi connectivity index (χ3n) is 5.31. The van der Waals surface area contributed by atoms with Crippen LogP contribution in [0.5, 0.6) is 0 Å². The van der Waals surface area contributed by atoms with Crippen LogP contribution >= 0.6 is 0 Å². The fourth-order valence-electron chi connectivity index (χ4n) is 3.70. The predicted octanol–water partition coefficient (Wildman–Crippen LogP) is 1.65. The maximum absolute atomic E-state index is 6.05. The van der Waals surface area contributed by atoms with Gasteiger partial charge in [0.25, 0.3) is 0 Å². The van der Waals surface area contributed by atoms with Gasteiger partial charge in [-0.1, -0.05) is 35.5 Å². The monoisotopic (exact) mass is 326 g/mol. The van der Waals surface area contributed by atoms with Crippen LogP contribution in [-0.2, 0) is 9.47 Å². The van der Waals surface area contributed by atoms with Crippen LogP contribution in [0.1, 0.15) is 18.9 Å². The first-order valence-electron chi connectivity index (χ1n) is 8.82. The summed E-state index contributed by atoms with van der Waals surface area (Å²) in [7, 11) is 0. The van der Waals surface area contributed by atoms with Crippen LogP contribution in [0.25, 0.3) is 11.3 Å². The number of hydrogen-bond donors (Lipinski definition) is 1. The van der Waals surface area contributed by atoms with Crippen molar-refractivity contribution in [2.45, 2.75) is 37.1 Å². The first-order chi connectivity index (χ1) is 11.9. The van der Waals surface area contributed by atoms with Crippen molar-refractivity contribution < 1.29 is 9.47 Å². The van der Waals surface area contributed by atoms with E-state index in [2.05, 4.69) is 15.6 Å². The Morgan fingerprint density at radius 2 is 1.92 bits per heavy atom. The molecule has 4 atom stereocenters. The van der Waals surface area contributed by atoms with E-state index in [0.29, 0.717) is 12.6 Å². The van der Waals surface area contributed by atoms with E-state index >= 15 is 0 Å². The fourth-order valence-corrected chi connectivity index (χ4v) is 3.70. The van der Waals surface area contributed by atoms with Gasteiger partial charge in [0.2, 0.25) is 0 Å². The molecular formula is C18H22N4O2. The molecule has 0 unspecified atom stereocenters. The first-order valence-corrected chi connectivity index (χ1v) is 8.82. The first kappa shape index (κ1) is 14.6. The minimum atomic E-state index is 0.0621. The normalized spacial score (nSPS) is 32.2. The van der Waals surface area contributed by atoms with E-state index < -0.39 is 0 Å². The number of nitrogens with one attached hydrogen (secondary N) is 1. The summed E-state index contributed by atoms with van der Waals surface area (Å²) in [5.41, 5.74) is 1.97. The molecule has 3 aliphatic rings. The van der Waals surface area contributed by atoms with Gasteiger partial charge in [-0.05, 0) is 25.3 Å². The minimum Gasteiger partial charge on any atom is -0.371 e. The number of hydrogen-bond acceptors (Lipinski definition) is 5. The highest BCUT2D eigenvalue weighted by atomic mass is 16.6. The van der Waals surface area contributed by atoms with Gasteiger partial charge in [0.1, 0.15) is 23.9 Å². The molecule has 24 heavy (non-hydrogen) atoms. The molecule has 5 rings (SSSR count). The Morgan fingerprint density at radius 1 is 1.08 bits per heavy atom. The molecular weight excluding hydrogens is 304 g/mol. The van der Waals surface area contributed by atoms with E-state index in [0.717, 1.165) is 30.3 Å². The molecule has 0 spiro atoms. The largest absolute Gasteiger partial charge is 0.371 e. The molecule has 126 valence electrons. The molecule has 2 aliphatic heterocycles. The standard InChI is InChI=1S/C18H22N4O2/c1-2-4-13(5-3-1)14-9-22(21-20-14)16-11-24-17-15(10-23-18(16)17)19-8-12-6-7-12/h1-5,9,12,15-19H,6-8,10-11H2/t15-,16+,17-,18+/m0/s1. The van der Waals surface area contributed by atoms with Crippen molar-refractivity contribution >= 4 is 0 Å². The Labute approximate surface area is 141 Å². The van der Waals surface area contributed by atoms with Gasteiger partial charge < -0.3 is 14.8 Å². The van der Waals surface area contributed by atoms with E-state index in [1.807, 2.05) is 41.2 Å². The molecule has 1 aliphatic carbocycles. The van der Waals surface area contributed by atoms with Crippen LogP contribution < -0.4 is 5.32 Å². The van der Waals surface area contributed by atoms with Gasteiger partial charge in [0, 0.05) is 5.56 Å². The number of rotatable bonds is 5. The summed E-state index contributed by atoms with van der Waals surface area (Å²) in [4.78, 5) is 0. The molecule has 1 aromatic heterocycles. The number of ether oxygens (including phenoxy) is 2.